The lowest BCUT2D eigenvalue weighted by atomic mass is 9.73. The predicted molar refractivity (Wildman–Crippen MR) is 153 cm³/mol. The zero-order chi connectivity index (χ0) is 27.6. The average molecular weight is 569 g/mol. The largest absolute Gasteiger partial charge is 0.352 e. The topological polar surface area (TPSA) is 77.2 Å². The number of alkyl halides is 2. The number of aromatic nitrogens is 1. The summed E-state index contributed by atoms with van der Waals surface area (Å²) >= 11 is 5.19. The normalized spacial score (nSPS) is 16.2. The van der Waals surface area contributed by atoms with Crippen molar-refractivity contribution in [1.82, 2.24) is 20.5 Å². The monoisotopic (exact) mass is 568 g/mol. The maximum Gasteiger partial charge on any atom is 0.275 e. The number of likely N-dealkylation sites (tertiary alicyclic amines) is 1. The molecule has 1 aromatic heterocycles. The van der Waals surface area contributed by atoms with E-state index in [9.17, 15) is 18.4 Å². The van der Waals surface area contributed by atoms with Crippen LogP contribution in [0, 0.1) is 4.64 Å². The van der Waals surface area contributed by atoms with Crippen LogP contribution in [0.5, 0.6) is 0 Å². The van der Waals surface area contributed by atoms with Crippen LogP contribution in [0.25, 0.3) is 11.1 Å². The van der Waals surface area contributed by atoms with Crippen molar-refractivity contribution in [3.8, 4) is 11.1 Å². The Balaban J connectivity index is 1.23. The standard InChI is InChI=1S/C29H31F2N4O2PS/c30-29(31,38)18-33-27(37)28(23-11-3-1-8-20(23)21-9-2-4-12-24(21)28)13-5-6-15-35-16-19(17-35)34-25(36)22-10-7-14-32-26(22)39/h1-4,7-12,14,19H,5-6,13,15-18,38H2,(H,32,39)(H,33,37)(H,34,36). The van der Waals surface area contributed by atoms with Gasteiger partial charge in [0, 0.05) is 19.3 Å². The van der Waals surface area contributed by atoms with Crippen molar-refractivity contribution in [2.45, 2.75) is 36.4 Å². The Bertz CT molecular complexity index is 1390. The Morgan fingerprint density at radius 1 is 1.03 bits per heavy atom. The first kappa shape index (κ1) is 27.6. The van der Waals surface area contributed by atoms with Crippen LogP contribution in [-0.2, 0) is 10.2 Å². The van der Waals surface area contributed by atoms with Crippen LogP contribution < -0.4 is 10.6 Å². The lowest BCUT2D eigenvalue weighted by molar-refractivity contribution is -0.126. The van der Waals surface area contributed by atoms with E-state index in [0.717, 1.165) is 54.7 Å². The number of rotatable bonds is 10. The molecule has 3 aromatic rings. The van der Waals surface area contributed by atoms with E-state index in [0.29, 0.717) is 16.6 Å². The lowest BCUT2D eigenvalue weighted by Crippen LogP contribution is -2.59. The molecule has 3 N–H and O–H groups in total. The van der Waals surface area contributed by atoms with Crippen LogP contribution >= 0.6 is 21.5 Å². The number of hydrogen-bond donors (Lipinski definition) is 3. The number of nitrogens with one attached hydrogen (secondary N) is 3. The minimum absolute atomic E-state index is 0.0615. The van der Waals surface area contributed by atoms with E-state index < -0.39 is 23.5 Å². The third-order valence-corrected chi connectivity index (χ3v) is 8.11. The lowest BCUT2D eigenvalue weighted by Gasteiger charge is -2.40. The van der Waals surface area contributed by atoms with E-state index in [1.807, 2.05) is 48.5 Å². The highest BCUT2D eigenvalue weighted by molar-refractivity contribution is 7.71. The maximum absolute atomic E-state index is 13.7. The number of carbonyl (C=O) groups excluding carboxylic acids is 2. The van der Waals surface area contributed by atoms with Crippen molar-refractivity contribution >= 4 is 33.3 Å². The van der Waals surface area contributed by atoms with Gasteiger partial charge in [0.25, 0.3) is 11.6 Å². The van der Waals surface area contributed by atoms with Gasteiger partial charge in [0.1, 0.15) is 10.1 Å². The van der Waals surface area contributed by atoms with E-state index in [-0.39, 0.29) is 11.9 Å². The number of unbranched alkanes of at least 4 members (excludes halogenated alkanes) is 1. The van der Waals surface area contributed by atoms with E-state index in [1.165, 1.54) is 9.24 Å². The first-order valence-electron chi connectivity index (χ1n) is 13.0. The molecule has 2 aromatic carbocycles. The molecular weight excluding hydrogens is 537 g/mol. The number of fused-ring (bicyclic) bond motifs is 3. The van der Waals surface area contributed by atoms with Gasteiger partial charge in [-0.25, -0.2) is 8.78 Å². The fourth-order valence-corrected chi connectivity index (χ4v) is 6.07. The molecule has 39 heavy (non-hydrogen) atoms. The fraction of sp³-hybridized carbons (Fsp3) is 0.345. The highest BCUT2D eigenvalue weighted by Gasteiger charge is 2.48. The maximum atomic E-state index is 13.7. The Kier molecular flexibility index (Phi) is 7.94. The van der Waals surface area contributed by atoms with E-state index in [2.05, 4.69) is 20.5 Å². The number of hydrogen-bond acceptors (Lipinski definition) is 4. The number of carbonyl (C=O) groups is 2. The number of halogens is 2. The molecule has 0 saturated carbocycles. The molecule has 10 heteroatoms. The smallest absolute Gasteiger partial charge is 0.275 e. The van der Waals surface area contributed by atoms with E-state index >= 15 is 0 Å². The molecule has 1 aliphatic heterocycles. The Morgan fingerprint density at radius 2 is 1.67 bits per heavy atom. The second-order valence-corrected chi connectivity index (χ2v) is 11.5. The van der Waals surface area contributed by atoms with Gasteiger partial charge in [0.05, 0.1) is 18.2 Å². The van der Waals surface area contributed by atoms with Gasteiger partial charge in [0.15, 0.2) is 0 Å². The van der Waals surface area contributed by atoms with Crippen LogP contribution in [0.2, 0.25) is 0 Å². The summed E-state index contributed by atoms with van der Waals surface area (Å²) in [5.74, 6) is -0.572. The van der Waals surface area contributed by atoms with Crippen LogP contribution in [-0.4, -0.2) is 59.6 Å². The number of aromatic amines is 1. The van der Waals surface area contributed by atoms with Gasteiger partial charge >= 0.3 is 0 Å². The van der Waals surface area contributed by atoms with Crippen molar-refractivity contribution in [2.75, 3.05) is 26.2 Å². The zero-order valence-electron chi connectivity index (χ0n) is 21.4. The van der Waals surface area contributed by atoms with Crippen molar-refractivity contribution in [3.63, 3.8) is 0 Å². The third-order valence-electron chi connectivity index (χ3n) is 7.57. The van der Waals surface area contributed by atoms with Crippen molar-refractivity contribution in [2.24, 2.45) is 0 Å². The van der Waals surface area contributed by atoms with Gasteiger partial charge in [0.2, 0.25) is 5.91 Å². The first-order chi connectivity index (χ1) is 18.7. The molecular formula is C29H31F2N4O2PS. The van der Waals surface area contributed by atoms with Gasteiger partial charge in [-0.15, -0.1) is 0 Å². The quantitative estimate of drug-likeness (QED) is 0.185. The second kappa shape index (κ2) is 11.2. The molecule has 1 aliphatic carbocycles. The summed E-state index contributed by atoms with van der Waals surface area (Å²) in [7, 11) is 1.49. The zero-order valence-corrected chi connectivity index (χ0v) is 23.4. The molecule has 2 aliphatic rings. The van der Waals surface area contributed by atoms with Crippen LogP contribution in [0.15, 0.2) is 66.9 Å². The molecule has 1 atom stereocenters. The number of pyridine rings is 1. The summed E-state index contributed by atoms with van der Waals surface area (Å²) in [4.78, 5) is 31.3. The molecule has 1 unspecified atom stereocenters. The summed E-state index contributed by atoms with van der Waals surface area (Å²) in [5.41, 5.74) is 0.0304. The molecule has 1 fully saturated rings. The van der Waals surface area contributed by atoms with Gasteiger partial charge < -0.3 is 15.6 Å². The number of nitrogens with zero attached hydrogens (tertiary/aromatic N) is 1. The van der Waals surface area contributed by atoms with Gasteiger partial charge in [-0.05, 0) is 53.8 Å². The Labute approximate surface area is 233 Å². The molecule has 6 nitrogen and oxygen atoms in total. The second-order valence-electron chi connectivity index (χ2n) is 10.2. The Hall–Kier alpha value is -3.00. The summed E-state index contributed by atoms with van der Waals surface area (Å²) < 4.78 is 27.7. The molecule has 0 spiro atoms. The van der Waals surface area contributed by atoms with Crippen molar-refractivity contribution < 1.29 is 18.4 Å². The van der Waals surface area contributed by atoms with Crippen LogP contribution in [0.4, 0.5) is 8.78 Å². The van der Waals surface area contributed by atoms with E-state index in [4.69, 9.17) is 12.2 Å². The molecule has 0 radical (unpaired) electrons. The van der Waals surface area contributed by atoms with Gasteiger partial charge in [-0.2, -0.15) is 0 Å². The summed E-state index contributed by atoms with van der Waals surface area (Å²) in [6.45, 7) is 1.57. The number of H-pyrrole nitrogens is 1. The predicted octanol–water partition coefficient (Wildman–Crippen LogP) is 4.88. The number of benzene rings is 2. The number of amides is 2. The van der Waals surface area contributed by atoms with Crippen LogP contribution in [0.1, 0.15) is 40.7 Å². The average Bonchev–Trinajstić information content (AvgIpc) is 3.18. The minimum atomic E-state index is -3.08. The van der Waals surface area contributed by atoms with Crippen molar-refractivity contribution in [1.29, 1.82) is 0 Å². The van der Waals surface area contributed by atoms with E-state index in [1.54, 1.807) is 18.3 Å². The highest BCUT2D eigenvalue weighted by Crippen LogP contribution is 2.51. The molecule has 204 valence electrons. The first-order valence-corrected chi connectivity index (χ1v) is 14.0. The Morgan fingerprint density at radius 3 is 2.28 bits per heavy atom. The van der Waals surface area contributed by atoms with Gasteiger partial charge in [-0.3, -0.25) is 14.5 Å². The molecule has 2 heterocycles. The minimum Gasteiger partial charge on any atom is -0.352 e. The molecule has 0 bridgehead atoms. The third kappa shape index (κ3) is 5.67. The fourth-order valence-electron chi connectivity index (χ4n) is 5.73. The molecule has 5 rings (SSSR count). The summed E-state index contributed by atoms with van der Waals surface area (Å²) in [5, 5.41) is 5.56. The molecule has 2 amide bonds. The summed E-state index contributed by atoms with van der Waals surface area (Å²) in [6, 6.07) is 19.0. The van der Waals surface area contributed by atoms with Gasteiger partial charge in [-0.1, -0.05) is 76.4 Å². The highest BCUT2D eigenvalue weighted by atomic mass is 32.1. The molecule has 1 saturated heterocycles. The van der Waals surface area contributed by atoms with Crippen molar-refractivity contribution in [3.05, 3.63) is 88.2 Å². The SMILES string of the molecule is O=C(NC1CN(CCCCC2(C(=O)NCC(F)(F)P)c3ccccc3-c3ccccc32)C1)c1ccc[nH]c1=S. The summed E-state index contributed by atoms with van der Waals surface area (Å²) in [6.07, 6.45) is 3.78. The van der Waals surface area contributed by atoms with Crippen LogP contribution in [0.3, 0.4) is 0 Å².